The van der Waals surface area contributed by atoms with Crippen LogP contribution in [0.15, 0.2) is 23.8 Å². The summed E-state index contributed by atoms with van der Waals surface area (Å²) in [4.78, 5) is 0. The van der Waals surface area contributed by atoms with Crippen molar-refractivity contribution in [2.45, 2.75) is 33.1 Å². The van der Waals surface area contributed by atoms with Crippen molar-refractivity contribution < 1.29 is 5.11 Å². The fourth-order valence-electron chi connectivity index (χ4n) is 2.26. The van der Waals surface area contributed by atoms with Gasteiger partial charge in [0.25, 0.3) is 0 Å². The summed E-state index contributed by atoms with van der Waals surface area (Å²) in [6.45, 7) is 8.76. The minimum atomic E-state index is 0.118. The third-order valence-electron chi connectivity index (χ3n) is 3.58. The van der Waals surface area contributed by atoms with Gasteiger partial charge in [-0.3, -0.25) is 0 Å². The second-order valence-electron chi connectivity index (χ2n) is 4.60. The quantitative estimate of drug-likeness (QED) is 0.661. The molecule has 0 fully saturated rings. The zero-order valence-corrected chi connectivity index (χ0v) is 9.18. The number of phenols is 1. The summed E-state index contributed by atoms with van der Waals surface area (Å²) in [5.74, 6) is 0.355. The summed E-state index contributed by atoms with van der Waals surface area (Å²) in [6, 6.07) is 5.67. The molecule has 1 heteroatoms. The molecule has 1 aromatic carbocycles. The van der Waals surface area contributed by atoms with Crippen LogP contribution in [0.25, 0.3) is 5.57 Å². The highest BCUT2D eigenvalue weighted by Crippen LogP contribution is 2.46. The van der Waals surface area contributed by atoms with Crippen LogP contribution in [0.3, 0.4) is 0 Å². The molecule has 0 unspecified atom stereocenters. The third-order valence-corrected chi connectivity index (χ3v) is 3.58. The van der Waals surface area contributed by atoms with Crippen LogP contribution in [0.5, 0.6) is 5.75 Å². The number of allylic oxidation sites excluding steroid dienone is 2. The van der Waals surface area contributed by atoms with E-state index in [0.29, 0.717) is 5.75 Å². The maximum Gasteiger partial charge on any atom is 0.116 e. The SMILES string of the molecule is CC1=C(C)C(C)(C)c2ccc(O)cc21. The maximum atomic E-state index is 9.45. The average Bonchev–Trinajstić information content (AvgIpc) is 2.28. The largest absolute Gasteiger partial charge is 0.508 e. The Bertz CT molecular complexity index is 425. The van der Waals surface area contributed by atoms with E-state index in [0.717, 1.165) is 0 Å². The molecule has 1 aliphatic rings. The molecule has 0 radical (unpaired) electrons. The Labute approximate surface area is 85.1 Å². The van der Waals surface area contributed by atoms with Crippen molar-refractivity contribution in [2.24, 2.45) is 0 Å². The Kier molecular flexibility index (Phi) is 1.75. The van der Waals surface area contributed by atoms with Gasteiger partial charge in [-0.15, -0.1) is 0 Å². The molecular weight excluding hydrogens is 172 g/mol. The number of aromatic hydroxyl groups is 1. The van der Waals surface area contributed by atoms with Crippen molar-refractivity contribution in [2.75, 3.05) is 0 Å². The van der Waals surface area contributed by atoms with Gasteiger partial charge >= 0.3 is 0 Å². The Morgan fingerprint density at radius 3 is 2.43 bits per heavy atom. The number of benzene rings is 1. The van der Waals surface area contributed by atoms with E-state index in [4.69, 9.17) is 0 Å². The molecule has 0 spiro atoms. The van der Waals surface area contributed by atoms with Crippen LogP contribution in [0.2, 0.25) is 0 Å². The Morgan fingerprint density at radius 1 is 1.14 bits per heavy atom. The molecule has 0 aromatic heterocycles. The van der Waals surface area contributed by atoms with E-state index in [1.54, 1.807) is 6.07 Å². The number of rotatable bonds is 0. The van der Waals surface area contributed by atoms with Crippen LogP contribution < -0.4 is 0 Å². The fourth-order valence-corrected chi connectivity index (χ4v) is 2.26. The molecule has 0 amide bonds. The first-order valence-corrected chi connectivity index (χ1v) is 4.96. The van der Waals surface area contributed by atoms with Gasteiger partial charge in [-0.2, -0.15) is 0 Å². The van der Waals surface area contributed by atoms with Gasteiger partial charge in [0.1, 0.15) is 5.75 Å². The van der Waals surface area contributed by atoms with Gasteiger partial charge in [0.05, 0.1) is 0 Å². The lowest BCUT2D eigenvalue weighted by molar-refractivity contribution is 0.474. The first-order valence-electron chi connectivity index (χ1n) is 4.96. The van der Waals surface area contributed by atoms with E-state index < -0.39 is 0 Å². The van der Waals surface area contributed by atoms with E-state index >= 15 is 0 Å². The molecule has 0 saturated heterocycles. The maximum absolute atomic E-state index is 9.45. The van der Waals surface area contributed by atoms with Gasteiger partial charge in [0.2, 0.25) is 0 Å². The monoisotopic (exact) mass is 188 g/mol. The summed E-state index contributed by atoms with van der Waals surface area (Å²) in [7, 11) is 0. The molecule has 1 nitrogen and oxygen atoms in total. The van der Waals surface area contributed by atoms with Crippen molar-refractivity contribution in [3.05, 3.63) is 34.9 Å². The van der Waals surface area contributed by atoms with Gasteiger partial charge in [-0.1, -0.05) is 25.5 Å². The van der Waals surface area contributed by atoms with E-state index in [1.807, 2.05) is 12.1 Å². The highest BCUT2D eigenvalue weighted by molar-refractivity contribution is 5.79. The number of hydrogen-bond acceptors (Lipinski definition) is 1. The number of hydrogen-bond donors (Lipinski definition) is 1. The van der Waals surface area contributed by atoms with Crippen LogP contribution in [0.4, 0.5) is 0 Å². The van der Waals surface area contributed by atoms with Gasteiger partial charge in [0, 0.05) is 5.41 Å². The van der Waals surface area contributed by atoms with Crippen LogP contribution in [-0.4, -0.2) is 5.11 Å². The predicted molar refractivity (Wildman–Crippen MR) is 59.4 cm³/mol. The van der Waals surface area contributed by atoms with Crippen LogP contribution in [-0.2, 0) is 5.41 Å². The van der Waals surface area contributed by atoms with E-state index in [-0.39, 0.29) is 5.41 Å². The molecule has 0 aliphatic heterocycles. The van der Waals surface area contributed by atoms with Gasteiger partial charge in [-0.05, 0) is 42.7 Å². The highest BCUT2D eigenvalue weighted by Gasteiger charge is 2.33. The predicted octanol–water partition coefficient (Wildman–Crippen LogP) is 3.48. The molecule has 0 heterocycles. The minimum Gasteiger partial charge on any atom is -0.508 e. The molecule has 1 aliphatic carbocycles. The van der Waals surface area contributed by atoms with Gasteiger partial charge in [0.15, 0.2) is 0 Å². The molecule has 1 aromatic rings. The molecule has 14 heavy (non-hydrogen) atoms. The summed E-state index contributed by atoms with van der Waals surface area (Å²) in [5.41, 5.74) is 5.35. The fraction of sp³-hybridized carbons (Fsp3) is 0.385. The number of phenolic OH excluding ortho intramolecular Hbond substituents is 1. The highest BCUT2D eigenvalue weighted by atomic mass is 16.3. The zero-order valence-electron chi connectivity index (χ0n) is 9.18. The minimum absolute atomic E-state index is 0.118. The summed E-state index contributed by atoms with van der Waals surface area (Å²) < 4.78 is 0. The molecule has 0 bridgehead atoms. The van der Waals surface area contributed by atoms with Crippen molar-refractivity contribution in [1.29, 1.82) is 0 Å². The smallest absolute Gasteiger partial charge is 0.116 e. The van der Waals surface area contributed by atoms with Crippen molar-refractivity contribution in [1.82, 2.24) is 0 Å². The van der Waals surface area contributed by atoms with Crippen molar-refractivity contribution in [3.8, 4) is 5.75 Å². The molecule has 1 N–H and O–H groups in total. The first kappa shape index (κ1) is 9.32. The summed E-state index contributed by atoms with van der Waals surface area (Å²) in [6.07, 6.45) is 0. The summed E-state index contributed by atoms with van der Waals surface area (Å²) >= 11 is 0. The normalized spacial score (nSPS) is 18.6. The van der Waals surface area contributed by atoms with E-state index in [2.05, 4.69) is 27.7 Å². The third kappa shape index (κ3) is 1.02. The Balaban J connectivity index is 2.73. The second-order valence-corrected chi connectivity index (χ2v) is 4.60. The van der Waals surface area contributed by atoms with E-state index in [9.17, 15) is 5.11 Å². The van der Waals surface area contributed by atoms with E-state index in [1.165, 1.54) is 22.3 Å². The lowest BCUT2D eigenvalue weighted by Crippen LogP contribution is -2.15. The zero-order chi connectivity index (χ0) is 10.5. The van der Waals surface area contributed by atoms with Crippen LogP contribution in [0.1, 0.15) is 38.8 Å². The number of fused-ring (bicyclic) bond motifs is 1. The standard InChI is InChI=1S/C13H16O/c1-8-9(2)13(3,4)12-6-5-10(14)7-11(8)12/h5-7,14H,1-4H3. The molecule has 0 saturated carbocycles. The lowest BCUT2D eigenvalue weighted by Gasteiger charge is -2.22. The lowest BCUT2D eigenvalue weighted by atomic mass is 9.82. The van der Waals surface area contributed by atoms with Crippen molar-refractivity contribution >= 4 is 5.57 Å². The topological polar surface area (TPSA) is 20.2 Å². The molecular formula is C13H16O. The van der Waals surface area contributed by atoms with Gasteiger partial charge in [-0.25, -0.2) is 0 Å². The average molecular weight is 188 g/mol. The first-order chi connectivity index (χ1) is 6.44. The van der Waals surface area contributed by atoms with Crippen molar-refractivity contribution in [3.63, 3.8) is 0 Å². The Hall–Kier alpha value is -1.24. The van der Waals surface area contributed by atoms with Gasteiger partial charge < -0.3 is 5.11 Å². The van der Waals surface area contributed by atoms with Crippen LogP contribution >= 0.6 is 0 Å². The molecule has 0 atom stereocenters. The molecule has 74 valence electrons. The van der Waals surface area contributed by atoms with Crippen LogP contribution in [0, 0.1) is 0 Å². The Morgan fingerprint density at radius 2 is 1.79 bits per heavy atom. The second kappa shape index (κ2) is 2.63. The molecule has 2 rings (SSSR count). The summed E-state index contributed by atoms with van der Waals surface area (Å²) in [5, 5.41) is 9.45.